The topological polar surface area (TPSA) is 80.0 Å². The molecular weight excluding hydrogens is 442 g/mol. The lowest BCUT2D eigenvalue weighted by Crippen LogP contribution is -2.30. The molecular formula is C26H24ClNO5. The maximum Gasteiger partial charge on any atom is 0.300 e. The summed E-state index contributed by atoms with van der Waals surface area (Å²) in [5.74, 6) is -0.810. The Hall–Kier alpha value is -3.51. The van der Waals surface area contributed by atoms with Crippen molar-refractivity contribution < 1.29 is 23.8 Å². The molecule has 170 valence electrons. The van der Waals surface area contributed by atoms with Gasteiger partial charge in [0, 0.05) is 16.3 Å². The zero-order chi connectivity index (χ0) is 23.9. The van der Waals surface area contributed by atoms with Gasteiger partial charge in [0.15, 0.2) is 0 Å². The van der Waals surface area contributed by atoms with E-state index in [1.165, 1.54) is 11.2 Å². The van der Waals surface area contributed by atoms with Gasteiger partial charge in [-0.05, 0) is 81.3 Å². The molecule has 0 aliphatic carbocycles. The first-order valence-electron chi connectivity index (χ1n) is 10.6. The van der Waals surface area contributed by atoms with Gasteiger partial charge in [-0.15, -0.1) is 0 Å². The van der Waals surface area contributed by atoms with E-state index >= 15 is 0 Å². The molecule has 4 rings (SSSR count). The van der Waals surface area contributed by atoms with Crippen LogP contribution in [0.15, 0.2) is 64.8 Å². The Morgan fingerprint density at radius 3 is 2.48 bits per heavy atom. The molecule has 1 aromatic heterocycles. The molecule has 3 aromatic rings. The van der Waals surface area contributed by atoms with Crippen LogP contribution in [0.1, 0.15) is 42.3 Å². The van der Waals surface area contributed by atoms with E-state index in [4.69, 9.17) is 20.8 Å². The average molecular weight is 466 g/mol. The summed E-state index contributed by atoms with van der Waals surface area (Å²) in [6.07, 6.45) is 1.45. The van der Waals surface area contributed by atoms with Crippen LogP contribution in [0.4, 0.5) is 5.69 Å². The number of amides is 1. The first kappa shape index (κ1) is 22.7. The number of anilines is 1. The van der Waals surface area contributed by atoms with Crippen LogP contribution < -0.4 is 9.64 Å². The number of rotatable bonds is 5. The Morgan fingerprint density at radius 2 is 1.85 bits per heavy atom. The molecule has 1 amide bonds. The number of carbonyl (C=O) groups excluding carboxylic acids is 2. The van der Waals surface area contributed by atoms with Crippen molar-refractivity contribution in [1.82, 2.24) is 0 Å². The van der Waals surface area contributed by atoms with Gasteiger partial charge >= 0.3 is 0 Å². The highest BCUT2D eigenvalue weighted by Gasteiger charge is 2.48. The SMILES string of the molecule is Cc1cc(/C(O)=C2/C(=O)C(=O)N(c3cc(Cl)ccc3C)C2c2ccco2)ccc1OC(C)C. The van der Waals surface area contributed by atoms with Gasteiger partial charge < -0.3 is 14.3 Å². The van der Waals surface area contributed by atoms with Crippen molar-refractivity contribution in [2.24, 2.45) is 0 Å². The molecule has 2 heterocycles. The Morgan fingerprint density at radius 1 is 1.09 bits per heavy atom. The zero-order valence-corrected chi connectivity index (χ0v) is 19.5. The molecule has 1 saturated heterocycles. The summed E-state index contributed by atoms with van der Waals surface area (Å²) in [5, 5.41) is 11.7. The van der Waals surface area contributed by atoms with Crippen molar-refractivity contribution in [2.75, 3.05) is 4.90 Å². The number of hydrogen-bond acceptors (Lipinski definition) is 5. The number of hydrogen-bond donors (Lipinski definition) is 1. The van der Waals surface area contributed by atoms with Gasteiger partial charge in [0.25, 0.3) is 11.7 Å². The van der Waals surface area contributed by atoms with E-state index in [0.717, 1.165) is 11.1 Å². The van der Waals surface area contributed by atoms with E-state index in [2.05, 4.69) is 0 Å². The number of nitrogens with zero attached hydrogens (tertiary/aromatic N) is 1. The average Bonchev–Trinajstić information content (AvgIpc) is 3.38. The Bertz CT molecular complexity index is 1260. The first-order valence-corrected chi connectivity index (χ1v) is 10.9. The number of furan rings is 1. The minimum absolute atomic E-state index is 0.00615. The molecule has 0 spiro atoms. The third kappa shape index (κ3) is 4.14. The Kier molecular flexibility index (Phi) is 6.04. The molecule has 33 heavy (non-hydrogen) atoms. The number of ether oxygens (including phenoxy) is 1. The van der Waals surface area contributed by atoms with Crippen LogP contribution in [0, 0.1) is 13.8 Å². The van der Waals surface area contributed by atoms with Crippen LogP contribution in [0.3, 0.4) is 0 Å². The molecule has 1 aliphatic rings. The monoisotopic (exact) mass is 465 g/mol. The summed E-state index contributed by atoms with van der Waals surface area (Å²) in [4.78, 5) is 27.7. The highest BCUT2D eigenvalue weighted by atomic mass is 35.5. The van der Waals surface area contributed by atoms with Crippen molar-refractivity contribution in [3.05, 3.63) is 87.8 Å². The maximum atomic E-state index is 13.2. The van der Waals surface area contributed by atoms with Crippen molar-refractivity contribution in [3.8, 4) is 5.75 Å². The number of aliphatic hydroxyl groups is 1. The first-order chi connectivity index (χ1) is 15.7. The second-order valence-electron chi connectivity index (χ2n) is 8.26. The van der Waals surface area contributed by atoms with Gasteiger partial charge in [-0.25, -0.2) is 0 Å². The molecule has 1 fully saturated rings. The smallest absolute Gasteiger partial charge is 0.300 e. The summed E-state index contributed by atoms with van der Waals surface area (Å²) in [6, 6.07) is 12.6. The maximum absolute atomic E-state index is 13.2. The van der Waals surface area contributed by atoms with Gasteiger partial charge in [-0.2, -0.15) is 0 Å². The minimum atomic E-state index is -0.941. The summed E-state index contributed by atoms with van der Waals surface area (Å²) >= 11 is 6.20. The lowest BCUT2D eigenvalue weighted by Gasteiger charge is -2.25. The van der Waals surface area contributed by atoms with E-state index in [0.29, 0.717) is 27.8 Å². The minimum Gasteiger partial charge on any atom is -0.507 e. The Labute approximate surface area is 197 Å². The molecule has 2 aromatic carbocycles. The zero-order valence-electron chi connectivity index (χ0n) is 18.8. The molecule has 0 saturated carbocycles. The van der Waals surface area contributed by atoms with E-state index in [9.17, 15) is 14.7 Å². The van der Waals surface area contributed by atoms with Crippen LogP contribution in [-0.2, 0) is 9.59 Å². The fraction of sp³-hybridized carbons (Fsp3) is 0.231. The number of aliphatic hydroxyl groups excluding tert-OH is 1. The molecule has 0 bridgehead atoms. The summed E-state index contributed by atoms with van der Waals surface area (Å²) in [5.41, 5.74) is 2.38. The second kappa shape index (κ2) is 8.79. The number of halogens is 1. The van der Waals surface area contributed by atoms with Crippen LogP contribution in [-0.4, -0.2) is 22.9 Å². The predicted molar refractivity (Wildman–Crippen MR) is 127 cm³/mol. The third-order valence-corrected chi connectivity index (χ3v) is 5.73. The number of aryl methyl sites for hydroxylation is 2. The van der Waals surface area contributed by atoms with Crippen LogP contribution in [0.5, 0.6) is 5.75 Å². The lowest BCUT2D eigenvalue weighted by molar-refractivity contribution is -0.132. The molecule has 0 radical (unpaired) electrons. The summed E-state index contributed by atoms with van der Waals surface area (Å²) in [7, 11) is 0. The third-order valence-electron chi connectivity index (χ3n) is 5.50. The fourth-order valence-corrected chi connectivity index (χ4v) is 4.14. The van der Waals surface area contributed by atoms with Crippen molar-refractivity contribution in [1.29, 1.82) is 0 Å². The van der Waals surface area contributed by atoms with Crippen LogP contribution >= 0.6 is 11.6 Å². The van der Waals surface area contributed by atoms with Gasteiger partial charge in [-0.1, -0.05) is 17.7 Å². The van der Waals surface area contributed by atoms with Crippen molar-refractivity contribution in [3.63, 3.8) is 0 Å². The molecule has 1 atom stereocenters. The van der Waals surface area contributed by atoms with Gasteiger partial charge in [-0.3, -0.25) is 14.5 Å². The van der Waals surface area contributed by atoms with Gasteiger partial charge in [0.1, 0.15) is 23.3 Å². The molecule has 1 N–H and O–H groups in total. The van der Waals surface area contributed by atoms with Crippen molar-refractivity contribution in [2.45, 2.75) is 39.8 Å². The van der Waals surface area contributed by atoms with E-state index in [-0.39, 0.29) is 17.4 Å². The number of ketones is 1. The largest absolute Gasteiger partial charge is 0.507 e. The van der Waals surface area contributed by atoms with Crippen LogP contribution in [0.25, 0.3) is 5.76 Å². The fourth-order valence-electron chi connectivity index (χ4n) is 3.98. The van der Waals surface area contributed by atoms with Gasteiger partial charge in [0.2, 0.25) is 0 Å². The molecule has 6 nitrogen and oxygen atoms in total. The van der Waals surface area contributed by atoms with Crippen LogP contribution in [0.2, 0.25) is 5.02 Å². The summed E-state index contributed by atoms with van der Waals surface area (Å²) < 4.78 is 11.4. The van der Waals surface area contributed by atoms with E-state index in [1.807, 2.05) is 27.7 Å². The normalized spacial score (nSPS) is 17.8. The van der Waals surface area contributed by atoms with Crippen molar-refractivity contribution >= 4 is 34.7 Å². The second-order valence-corrected chi connectivity index (χ2v) is 8.70. The standard InChI is InChI=1S/C26H24ClNO5/c1-14(2)33-20-10-8-17(12-16(20)4)24(29)22-23(21-6-5-11-32-21)28(26(31)25(22)30)19-13-18(27)9-7-15(19)3/h5-14,23,29H,1-4H3/b24-22-. The van der Waals surface area contributed by atoms with E-state index < -0.39 is 17.7 Å². The quantitative estimate of drug-likeness (QED) is 0.285. The molecule has 1 aliphatic heterocycles. The number of carbonyl (C=O) groups is 2. The van der Waals surface area contributed by atoms with Gasteiger partial charge in [0.05, 0.1) is 17.9 Å². The molecule has 7 heteroatoms. The predicted octanol–water partition coefficient (Wildman–Crippen LogP) is 5.96. The molecule has 1 unspecified atom stereocenters. The summed E-state index contributed by atoms with van der Waals surface area (Å²) in [6.45, 7) is 7.53. The number of Topliss-reactive ketones (excluding diaryl/α,β-unsaturated/α-hetero) is 1. The number of benzene rings is 2. The highest BCUT2D eigenvalue weighted by Crippen LogP contribution is 2.44. The van der Waals surface area contributed by atoms with E-state index in [1.54, 1.807) is 48.5 Å². The highest BCUT2D eigenvalue weighted by molar-refractivity contribution is 6.51. The Balaban J connectivity index is 1.89. The lowest BCUT2D eigenvalue weighted by atomic mass is 9.98.